The zero-order chi connectivity index (χ0) is 10.5. The van der Waals surface area contributed by atoms with Crippen LogP contribution in [0.15, 0.2) is 42.6 Å². The lowest BCUT2D eigenvalue weighted by Gasteiger charge is -1.96. The molecule has 0 bridgehead atoms. The van der Waals surface area contributed by atoms with Crippen molar-refractivity contribution in [3.05, 3.63) is 48.3 Å². The molecule has 4 heteroatoms. The van der Waals surface area contributed by atoms with Crippen LogP contribution in [0.2, 0.25) is 0 Å². The number of para-hydroxylation sites is 1. The minimum absolute atomic E-state index is 0.658. The smallest absolute Gasteiger partial charge is 0.142 e. The molecular formula is C11H9N3O. The Bertz CT molecular complexity index is 474. The van der Waals surface area contributed by atoms with Gasteiger partial charge >= 0.3 is 0 Å². The lowest BCUT2D eigenvalue weighted by Crippen LogP contribution is -1.93. The van der Waals surface area contributed by atoms with E-state index < -0.39 is 0 Å². The number of hydrogen-bond acceptors (Lipinski definition) is 3. The molecule has 1 heterocycles. The van der Waals surface area contributed by atoms with Crippen LogP contribution in [0.25, 0.3) is 11.8 Å². The molecule has 0 spiro atoms. The summed E-state index contributed by atoms with van der Waals surface area (Å²) in [7, 11) is 0. The molecule has 0 aliphatic rings. The average molecular weight is 199 g/mol. The molecule has 0 radical (unpaired) electrons. The fourth-order valence-electron chi connectivity index (χ4n) is 1.20. The Balaban J connectivity index is 2.28. The van der Waals surface area contributed by atoms with E-state index in [4.69, 9.17) is 0 Å². The first kappa shape index (κ1) is 9.33. The Kier molecular flexibility index (Phi) is 2.69. The van der Waals surface area contributed by atoms with Gasteiger partial charge in [-0.1, -0.05) is 23.4 Å². The number of aromatic nitrogens is 3. The van der Waals surface area contributed by atoms with Crippen molar-refractivity contribution in [2.24, 2.45) is 0 Å². The van der Waals surface area contributed by atoms with Gasteiger partial charge in [-0.15, -0.1) is 5.10 Å². The average Bonchev–Trinajstić information content (AvgIpc) is 2.76. The minimum atomic E-state index is 0.658. The number of aldehydes is 1. The summed E-state index contributed by atoms with van der Waals surface area (Å²) in [5.74, 6) is 0. The highest BCUT2D eigenvalue weighted by Crippen LogP contribution is 2.06. The van der Waals surface area contributed by atoms with Crippen LogP contribution >= 0.6 is 0 Å². The van der Waals surface area contributed by atoms with E-state index in [9.17, 15) is 4.79 Å². The van der Waals surface area contributed by atoms with Crippen LogP contribution < -0.4 is 0 Å². The third-order valence-corrected chi connectivity index (χ3v) is 1.88. The van der Waals surface area contributed by atoms with E-state index in [1.807, 2.05) is 30.3 Å². The third kappa shape index (κ3) is 2.17. The summed E-state index contributed by atoms with van der Waals surface area (Å²) in [6, 6.07) is 9.66. The van der Waals surface area contributed by atoms with Crippen LogP contribution in [0.5, 0.6) is 0 Å². The van der Waals surface area contributed by atoms with Crippen molar-refractivity contribution < 1.29 is 4.79 Å². The molecule has 2 rings (SSSR count). The van der Waals surface area contributed by atoms with Crippen molar-refractivity contribution >= 4 is 12.4 Å². The van der Waals surface area contributed by atoms with E-state index in [-0.39, 0.29) is 0 Å². The van der Waals surface area contributed by atoms with Gasteiger partial charge in [0, 0.05) is 0 Å². The van der Waals surface area contributed by atoms with Crippen molar-refractivity contribution in [3.8, 4) is 5.69 Å². The maximum atomic E-state index is 10.1. The van der Waals surface area contributed by atoms with Crippen LogP contribution in [0, 0.1) is 0 Å². The molecule has 1 aromatic heterocycles. The third-order valence-electron chi connectivity index (χ3n) is 1.88. The standard InChI is InChI=1S/C11H9N3O/c15-8-4-5-10-9-14(13-12-10)11-6-2-1-3-7-11/h1-9H/b5-4+. The van der Waals surface area contributed by atoms with Crippen LogP contribution in [0.1, 0.15) is 5.69 Å². The second kappa shape index (κ2) is 4.32. The second-order valence-corrected chi connectivity index (χ2v) is 2.92. The number of rotatable bonds is 3. The topological polar surface area (TPSA) is 47.8 Å². The fraction of sp³-hybridized carbons (Fsp3) is 0. The number of carbonyl (C=O) groups excluding carboxylic acids is 1. The van der Waals surface area contributed by atoms with E-state index in [0.717, 1.165) is 5.69 Å². The van der Waals surface area contributed by atoms with Crippen molar-refractivity contribution in [3.63, 3.8) is 0 Å². The van der Waals surface area contributed by atoms with E-state index in [1.165, 1.54) is 6.08 Å². The maximum Gasteiger partial charge on any atom is 0.142 e. The summed E-state index contributed by atoms with van der Waals surface area (Å²) >= 11 is 0. The molecule has 0 saturated carbocycles. The summed E-state index contributed by atoms with van der Waals surface area (Å²) in [6.45, 7) is 0. The molecule has 0 fully saturated rings. The normalized spacial score (nSPS) is 10.7. The number of hydrogen-bond donors (Lipinski definition) is 0. The lowest BCUT2D eigenvalue weighted by atomic mass is 10.3. The predicted molar refractivity (Wildman–Crippen MR) is 56.5 cm³/mol. The van der Waals surface area contributed by atoms with Gasteiger partial charge in [0.1, 0.15) is 12.0 Å². The Morgan fingerprint density at radius 1 is 1.20 bits per heavy atom. The van der Waals surface area contributed by atoms with Gasteiger partial charge in [-0.2, -0.15) is 0 Å². The maximum absolute atomic E-state index is 10.1. The molecule has 0 aliphatic carbocycles. The van der Waals surface area contributed by atoms with Gasteiger partial charge in [0.2, 0.25) is 0 Å². The van der Waals surface area contributed by atoms with Crippen LogP contribution in [0.4, 0.5) is 0 Å². The zero-order valence-corrected chi connectivity index (χ0v) is 7.95. The first-order valence-corrected chi connectivity index (χ1v) is 4.50. The monoisotopic (exact) mass is 199 g/mol. The van der Waals surface area contributed by atoms with Crippen LogP contribution in [-0.4, -0.2) is 21.3 Å². The fourth-order valence-corrected chi connectivity index (χ4v) is 1.20. The van der Waals surface area contributed by atoms with Gasteiger partial charge in [-0.3, -0.25) is 4.79 Å². The molecule has 0 aliphatic heterocycles. The SMILES string of the molecule is O=C/C=C/c1cn(-c2ccccc2)nn1. The lowest BCUT2D eigenvalue weighted by molar-refractivity contribution is -0.104. The molecule has 15 heavy (non-hydrogen) atoms. The number of carbonyl (C=O) groups is 1. The highest BCUT2D eigenvalue weighted by molar-refractivity contribution is 5.72. The van der Waals surface area contributed by atoms with Crippen molar-refractivity contribution in [2.75, 3.05) is 0 Å². The molecular weight excluding hydrogens is 190 g/mol. The molecule has 1 aromatic carbocycles. The van der Waals surface area contributed by atoms with Gasteiger partial charge in [0.05, 0.1) is 11.9 Å². The number of benzene rings is 1. The van der Waals surface area contributed by atoms with E-state index >= 15 is 0 Å². The Labute approximate surface area is 86.9 Å². The number of nitrogens with zero attached hydrogens (tertiary/aromatic N) is 3. The Hall–Kier alpha value is -2.23. The van der Waals surface area contributed by atoms with Crippen molar-refractivity contribution in [2.45, 2.75) is 0 Å². The summed E-state index contributed by atoms with van der Waals surface area (Å²) in [4.78, 5) is 10.1. The van der Waals surface area contributed by atoms with E-state index in [2.05, 4.69) is 10.3 Å². The largest absolute Gasteiger partial charge is 0.299 e. The molecule has 2 aromatic rings. The zero-order valence-electron chi connectivity index (χ0n) is 7.95. The molecule has 0 atom stereocenters. The first-order valence-electron chi connectivity index (χ1n) is 4.50. The molecule has 0 N–H and O–H groups in total. The van der Waals surface area contributed by atoms with Crippen molar-refractivity contribution in [1.82, 2.24) is 15.0 Å². The van der Waals surface area contributed by atoms with Gasteiger partial charge in [0.15, 0.2) is 0 Å². The van der Waals surface area contributed by atoms with E-state index in [0.29, 0.717) is 12.0 Å². The first-order chi connectivity index (χ1) is 7.40. The Morgan fingerprint density at radius 2 is 2.00 bits per heavy atom. The van der Waals surface area contributed by atoms with Gasteiger partial charge < -0.3 is 0 Å². The summed E-state index contributed by atoms with van der Waals surface area (Å²) in [5.41, 5.74) is 1.60. The molecule has 0 amide bonds. The molecule has 0 unspecified atom stereocenters. The highest BCUT2D eigenvalue weighted by atomic mass is 16.1. The van der Waals surface area contributed by atoms with E-state index in [1.54, 1.807) is 17.0 Å². The molecule has 4 nitrogen and oxygen atoms in total. The summed E-state index contributed by atoms with van der Waals surface area (Å²) in [6.07, 6.45) is 5.47. The van der Waals surface area contributed by atoms with Crippen molar-refractivity contribution in [1.29, 1.82) is 0 Å². The minimum Gasteiger partial charge on any atom is -0.299 e. The van der Waals surface area contributed by atoms with Gasteiger partial charge in [0.25, 0.3) is 0 Å². The van der Waals surface area contributed by atoms with Crippen LogP contribution in [0.3, 0.4) is 0 Å². The predicted octanol–water partition coefficient (Wildman–Crippen LogP) is 1.48. The molecule has 0 saturated heterocycles. The summed E-state index contributed by atoms with van der Waals surface area (Å²) < 4.78 is 1.66. The van der Waals surface area contributed by atoms with Gasteiger partial charge in [-0.05, 0) is 24.3 Å². The number of allylic oxidation sites excluding steroid dienone is 1. The Morgan fingerprint density at radius 3 is 2.73 bits per heavy atom. The molecule has 74 valence electrons. The highest BCUT2D eigenvalue weighted by Gasteiger charge is 1.98. The van der Waals surface area contributed by atoms with Gasteiger partial charge in [-0.25, -0.2) is 4.68 Å². The second-order valence-electron chi connectivity index (χ2n) is 2.92. The van der Waals surface area contributed by atoms with Crippen LogP contribution in [-0.2, 0) is 4.79 Å². The quantitative estimate of drug-likeness (QED) is 0.555. The summed E-state index contributed by atoms with van der Waals surface area (Å²) in [5, 5.41) is 7.84.